The van der Waals surface area contributed by atoms with Gasteiger partial charge in [0.15, 0.2) is 0 Å². The van der Waals surface area contributed by atoms with E-state index in [0.717, 1.165) is 0 Å². The fraction of sp³-hybridized carbons (Fsp3) is 0.692. The summed E-state index contributed by atoms with van der Waals surface area (Å²) in [5, 5.41) is 0. The monoisotopic (exact) mass is 254 g/mol. The highest BCUT2D eigenvalue weighted by Crippen LogP contribution is 2.32. The molecule has 0 saturated carbocycles. The Balaban J connectivity index is 2.05. The summed E-state index contributed by atoms with van der Waals surface area (Å²) in [4.78, 5) is 2.87. The van der Waals surface area contributed by atoms with E-state index in [1.54, 1.807) is 4.88 Å². The van der Waals surface area contributed by atoms with E-state index in [0.29, 0.717) is 6.61 Å². The van der Waals surface area contributed by atoms with Gasteiger partial charge in [0.05, 0.1) is 18.8 Å². The molecule has 0 fully saturated rings. The molecule has 0 bridgehead atoms. The predicted octanol–water partition coefficient (Wildman–Crippen LogP) is 2.56. The van der Waals surface area contributed by atoms with Crippen molar-refractivity contribution in [3.63, 3.8) is 0 Å². The number of fused-ring (bicyclic) bond motifs is 1. The van der Waals surface area contributed by atoms with Crippen molar-refractivity contribution in [1.29, 1.82) is 0 Å². The molecule has 0 radical (unpaired) electrons. The summed E-state index contributed by atoms with van der Waals surface area (Å²) in [6, 6.07) is 2.45. The fourth-order valence-electron chi connectivity index (χ4n) is 2.19. The van der Waals surface area contributed by atoms with Gasteiger partial charge in [-0.2, -0.15) is 0 Å². The SMILES string of the molecule is CC(C)OCC(NN)c1cc2c(s1)CCCC2. The molecule has 1 aliphatic rings. The first-order valence-corrected chi connectivity index (χ1v) is 7.21. The number of rotatable bonds is 5. The lowest BCUT2D eigenvalue weighted by atomic mass is 9.99. The van der Waals surface area contributed by atoms with Gasteiger partial charge in [0.2, 0.25) is 0 Å². The molecule has 1 unspecified atom stereocenters. The van der Waals surface area contributed by atoms with Crippen molar-refractivity contribution < 1.29 is 4.74 Å². The van der Waals surface area contributed by atoms with Crippen LogP contribution in [-0.4, -0.2) is 12.7 Å². The molecule has 2 rings (SSSR count). The molecule has 17 heavy (non-hydrogen) atoms. The highest BCUT2D eigenvalue weighted by atomic mass is 32.1. The van der Waals surface area contributed by atoms with Crippen LogP contribution in [0.25, 0.3) is 0 Å². The second kappa shape index (κ2) is 5.96. The van der Waals surface area contributed by atoms with Gasteiger partial charge in [-0.15, -0.1) is 11.3 Å². The molecule has 1 aromatic heterocycles. The van der Waals surface area contributed by atoms with Gasteiger partial charge >= 0.3 is 0 Å². The summed E-state index contributed by atoms with van der Waals surface area (Å²) < 4.78 is 5.65. The Hall–Kier alpha value is -0.420. The Kier molecular flexibility index (Phi) is 4.56. The van der Waals surface area contributed by atoms with Crippen molar-refractivity contribution in [1.82, 2.24) is 5.43 Å². The highest BCUT2D eigenvalue weighted by Gasteiger charge is 2.18. The summed E-state index contributed by atoms with van der Waals surface area (Å²) in [5.74, 6) is 5.63. The Morgan fingerprint density at radius 3 is 2.82 bits per heavy atom. The van der Waals surface area contributed by atoms with Gasteiger partial charge in [0.1, 0.15) is 0 Å². The molecule has 0 saturated heterocycles. The number of aryl methyl sites for hydroxylation is 2. The highest BCUT2D eigenvalue weighted by molar-refractivity contribution is 7.12. The van der Waals surface area contributed by atoms with Crippen molar-refractivity contribution in [2.45, 2.75) is 51.7 Å². The van der Waals surface area contributed by atoms with E-state index < -0.39 is 0 Å². The smallest absolute Gasteiger partial charge is 0.0786 e. The standard InChI is InChI=1S/C13H22N2OS/c1-9(2)16-8-11(15-14)13-7-10-5-3-4-6-12(10)17-13/h7,9,11,15H,3-6,8,14H2,1-2H3. The first-order valence-electron chi connectivity index (χ1n) is 6.40. The Morgan fingerprint density at radius 2 is 2.18 bits per heavy atom. The van der Waals surface area contributed by atoms with Crippen LogP contribution in [0.3, 0.4) is 0 Å². The van der Waals surface area contributed by atoms with Crippen molar-refractivity contribution in [2.75, 3.05) is 6.61 Å². The van der Waals surface area contributed by atoms with E-state index in [4.69, 9.17) is 10.6 Å². The number of hydrazine groups is 1. The maximum atomic E-state index is 5.65. The molecular formula is C13H22N2OS. The van der Waals surface area contributed by atoms with E-state index in [-0.39, 0.29) is 12.1 Å². The minimum Gasteiger partial charge on any atom is -0.377 e. The molecule has 0 amide bonds. The molecule has 1 atom stereocenters. The lowest BCUT2D eigenvalue weighted by Gasteiger charge is -2.16. The van der Waals surface area contributed by atoms with E-state index in [1.165, 1.54) is 36.1 Å². The molecule has 1 aromatic rings. The Morgan fingerprint density at radius 1 is 1.41 bits per heavy atom. The third kappa shape index (κ3) is 3.28. The first kappa shape index (κ1) is 13.0. The van der Waals surface area contributed by atoms with E-state index in [1.807, 2.05) is 25.2 Å². The lowest BCUT2D eigenvalue weighted by Crippen LogP contribution is -2.31. The van der Waals surface area contributed by atoms with E-state index in [9.17, 15) is 0 Å². The van der Waals surface area contributed by atoms with Crippen LogP contribution in [0.2, 0.25) is 0 Å². The van der Waals surface area contributed by atoms with Gasteiger partial charge in [0.25, 0.3) is 0 Å². The topological polar surface area (TPSA) is 47.3 Å². The summed E-state index contributed by atoms with van der Waals surface area (Å²) in [6.45, 7) is 4.74. The number of nitrogens with one attached hydrogen (secondary N) is 1. The van der Waals surface area contributed by atoms with Crippen LogP contribution in [-0.2, 0) is 17.6 Å². The lowest BCUT2D eigenvalue weighted by molar-refractivity contribution is 0.0618. The average Bonchev–Trinajstić information content (AvgIpc) is 2.72. The van der Waals surface area contributed by atoms with Crippen LogP contribution in [0.1, 0.15) is 48.0 Å². The minimum absolute atomic E-state index is 0.132. The van der Waals surface area contributed by atoms with E-state index in [2.05, 4.69) is 11.5 Å². The molecule has 0 aliphatic heterocycles. The largest absolute Gasteiger partial charge is 0.377 e. The third-order valence-electron chi connectivity index (χ3n) is 3.16. The number of hydrogen-bond acceptors (Lipinski definition) is 4. The van der Waals surface area contributed by atoms with Crippen LogP contribution in [0.15, 0.2) is 6.07 Å². The molecule has 3 N–H and O–H groups in total. The zero-order chi connectivity index (χ0) is 12.3. The predicted molar refractivity (Wildman–Crippen MR) is 72.1 cm³/mol. The molecule has 1 aliphatic carbocycles. The molecule has 3 nitrogen and oxygen atoms in total. The van der Waals surface area contributed by atoms with Gasteiger partial charge in [-0.3, -0.25) is 5.84 Å². The maximum Gasteiger partial charge on any atom is 0.0786 e. The first-order chi connectivity index (χ1) is 8.20. The van der Waals surface area contributed by atoms with Crippen LogP contribution in [0.4, 0.5) is 0 Å². The van der Waals surface area contributed by atoms with Crippen molar-refractivity contribution in [3.8, 4) is 0 Å². The normalized spacial score (nSPS) is 17.2. The molecule has 1 heterocycles. The van der Waals surface area contributed by atoms with Crippen molar-refractivity contribution in [3.05, 3.63) is 21.4 Å². The van der Waals surface area contributed by atoms with Crippen LogP contribution >= 0.6 is 11.3 Å². The second-order valence-corrected chi connectivity index (χ2v) is 6.07. The van der Waals surface area contributed by atoms with Crippen LogP contribution in [0, 0.1) is 0 Å². The van der Waals surface area contributed by atoms with Gasteiger partial charge < -0.3 is 4.74 Å². The molecular weight excluding hydrogens is 232 g/mol. The minimum atomic E-state index is 0.132. The Bertz CT molecular complexity index is 339. The zero-order valence-electron chi connectivity index (χ0n) is 10.7. The zero-order valence-corrected chi connectivity index (χ0v) is 11.5. The number of nitrogens with two attached hydrogens (primary N) is 1. The number of hydrogen-bond donors (Lipinski definition) is 2. The summed E-state index contributed by atoms with van der Waals surface area (Å²) in [7, 11) is 0. The summed E-state index contributed by atoms with van der Waals surface area (Å²) in [6.07, 6.45) is 5.37. The summed E-state index contributed by atoms with van der Waals surface area (Å²) >= 11 is 1.90. The summed E-state index contributed by atoms with van der Waals surface area (Å²) in [5.41, 5.74) is 4.40. The van der Waals surface area contributed by atoms with Gasteiger partial charge in [-0.25, -0.2) is 5.43 Å². The molecule has 0 aromatic carbocycles. The van der Waals surface area contributed by atoms with Gasteiger partial charge in [-0.1, -0.05) is 0 Å². The molecule has 4 heteroatoms. The second-order valence-electron chi connectivity index (χ2n) is 4.91. The number of thiophene rings is 1. The third-order valence-corrected chi connectivity index (χ3v) is 4.51. The van der Waals surface area contributed by atoms with Crippen molar-refractivity contribution >= 4 is 11.3 Å². The van der Waals surface area contributed by atoms with E-state index >= 15 is 0 Å². The quantitative estimate of drug-likeness (QED) is 0.627. The van der Waals surface area contributed by atoms with Crippen LogP contribution < -0.4 is 11.3 Å². The van der Waals surface area contributed by atoms with Crippen molar-refractivity contribution in [2.24, 2.45) is 5.84 Å². The van der Waals surface area contributed by atoms with Crippen LogP contribution in [0.5, 0.6) is 0 Å². The molecule has 96 valence electrons. The maximum absolute atomic E-state index is 5.65. The molecule has 0 spiro atoms. The fourth-order valence-corrected chi connectivity index (χ4v) is 3.49. The Labute approximate surface area is 107 Å². The number of ether oxygens (including phenoxy) is 1. The van der Waals surface area contributed by atoms with Gasteiger partial charge in [0, 0.05) is 9.75 Å². The average molecular weight is 254 g/mol. The van der Waals surface area contributed by atoms with Gasteiger partial charge in [-0.05, 0) is 51.2 Å².